The molecule has 0 saturated heterocycles. The highest BCUT2D eigenvalue weighted by molar-refractivity contribution is 7.92. The van der Waals surface area contributed by atoms with Crippen LogP contribution in [0.1, 0.15) is 5.56 Å². The lowest BCUT2D eigenvalue weighted by atomic mass is 10.2. The molecule has 0 aliphatic heterocycles. The van der Waals surface area contributed by atoms with Crippen molar-refractivity contribution in [1.82, 2.24) is 14.5 Å². The van der Waals surface area contributed by atoms with E-state index in [4.69, 9.17) is 11.6 Å². The monoisotopic (exact) mass is 378 g/mol. The SMILES string of the molecule is CN(C)CCN(Cc1ccccc1)C(=Nc1cccc(Cl)c1)NSO. The van der Waals surface area contributed by atoms with Gasteiger partial charge in [0.1, 0.15) is 12.2 Å². The first-order chi connectivity index (χ1) is 12.1. The number of aliphatic imine (C=N–C) groups is 1. The van der Waals surface area contributed by atoms with E-state index in [1.54, 1.807) is 6.07 Å². The van der Waals surface area contributed by atoms with Crippen molar-refractivity contribution in [3.05, 3.63) is 65.2 Å². The van der Waals surface area contributed by atoms with Gasteiger partial charge >= 0.3 is 0 Å². The van der Waals surface area contributed by atoms with E-state index in [0.29, 0.717) is 29.8 Å². The van der Waals surface area contributed by atoms with Crippen LogP contribution in [0.5, 0.6) is 0 Å². The number of likely N-dealkylation sites (N-methyl/N-ethyl adjacent to an activating group) is 1. The Balaban J connectivity index is 2.28. The number of hydrogen-bond donors (Lipinski definition) is 2. The molecule has 0 aliphatic carbocycles. The number of nitrogens with zero attached hydrogens (tertiary/aromatic N) is 3. The third-order valence-electron chi connectivity index (χ3n) is 3.51. The molecule has 0 spiro atoms. The molecule has 0 bridgehead atoms. The molecule has 0 aliphatic rings. The van der Waals surface area contributed by atoms with Gasteiger partial charge in [0.25, 0.3) is 0 Å². The maximum atomic E-state index is 9.32. The van der Waals surface area contributed by atoms with Gasteiger partial charge in [0, 0.05) is 24.7 Å². The molecule has 0 fully saturated rings. The van der Waals surface area contributed by atoms with Crippen molar-refractivity contribution < 1.29 is 4.55 Å². The van der Waals surface area contributed by atoms with E-state index < -0.39 is 0 Å². The van der Waals surface area contributed by atoms with Crippen LogP contribution < -0.4 is 4.72 Å². The largest absolute Gasteiger partial charge is 0.336 e. The van der Waals surface area contributed by atoms with Crippen molar-refractivity contribution in [3.63, 3.8) is 0 Å². The summed E-state index contributed by atoms with van der Waals surface area (Å²) in [6.07, 6.45) is 0. The first-order valence-corrected chi connectivity index (χ1v) is 9.08. The van der Waals surface area contributed by atoms with Gasteiger partial charge < -0.3 is 14.4 Å². The minimum absolute atomic E-state index is 0.537. The van der Waals surface area contributed by atoms with Crippen LogP contribution in [-0.2, 0) is 6.54 Å². The molecule has 2 aromatic rings. The summed E-state index contributed by atoms with van der Waals surface area (Å²) in [6, 6.07) is 17.5. The fourth-order valence-corrected chi connectivity index (χ4v) is 2.69. The minimum Gasteiger partial charge on any atom is -0.336 e. The lowest BCUT2D eigenvalue weighted by Crippen LogP contribution is -2.41. The first-order valence-electron chi connectivity index (χ1n) is 7.93. The maximum Gasteiger partial charge on any atom is 0.211 e. The summed E-state index contributed by atoms with van der Waals surface area (Å²) >= 11 is 6.59. The van der Waals surface area contributed by atoms with Crippen LogP contribution in [0.4, 0.5) is 5.69 Å². The Labute approximate surface area is 158 Å². The molecule has 0 amide bonds. The Bertz CT molecular complexity index is 682. The molecule has 5 nitrogen and oxygen atoms in total. The van der Waals surface area contributed by atoms with Crippen LogP contribution in [0.2, 0.25) is 5.02 Å². The van der Waals surface area contributed by atoms with Gasteiger partial charge in [-0.15, -0.1) is 0 Å². The summed E-state index contributed by atoms with van der Waals surface area (Å²) in [5.41, 5.74) is 1.90. The van der Waals surface area contributed by atoms with Crippen molar-refractivity contribution in [1.29, 1.82) is 0 Å². The van der Waals surface area contributed by atoms with Crippen molar-refractivity contribution in [2.45, 2.75) is 6.54 Å². The molecule has 0 unspecified atom stereocenters. The van der Waals surface area contributed by atoms with Gasteiger partial charge in [0.15, 0.2) is 0 Å². The average molecular weight is 379 g/mol. The van der Waals surface area contributed by atoms with Gasteiger partial charge in [-0.1, -0.05) is 48.0 Å². The molecule has 2 N–H and O–H groups in total. The summed E-state index contributed by atoms with van der Waals surface area (Å²) in [5.74, 6) is 0.584. The van der Waals surface area contributed by atoms with Gasteiger partial charge in [-0.2, -0.15) is 0 Å². The lowest BCUT2D eigenvalue weighted by Gasteiger charge is -2.27. The summed E-state index contributed by atoms with van der Waals surface area (Å²) in [7, 11) is 4.06. The van der Waals surface area contributed by atoms with Crippen LogP contribution in [0.15, 0.2) is 59.6 Å². The van der Waals surface area contributed by atoms with Crippen LogP contribution in [-0.4, -0.2) is 47.5 Å². The van der Waals surface area contributed by atoms with Crippen molar-refractivity contribution in [2.75, 3.05) is 27.2 Å². The van der Waals surface area contributed by atoms with Gasteiger partial charge in [0.2, 0.25) is 5.96 Å². The Kier molecular flexibility index (Phi) is 8.08. The summed E-state index contributed by atoms with van der Waals surface area (Å²) in [5, 5.41) is 0.625. The zero-order valence-electron chi connectivity index (χ0n) is 14.4. The highest BCUT2D eigenvalue weighted by atomic mass is 35.5. The zero-order chi connectivity index (χ0) is 18.1. The van der Waals surface area contributed by atoms with E-state index in [1.807, 2.05) is 50.5 Å². The quantitative estimate of drug-likeness (QED) is 0.329. The lowest BCUT2D eigenvalue weighted by molar-refractivity contribution is 0.321. The highest BCUT2D eigenvalue weighted by Gasteiger charge is 2.13. The normalized spacial score (nSPS) is 11.6. The minimum atomic E-state index is 0.537. The number of benzene rings is 2. The Morgan fingerprint density at radius 1 is 1.12 bits per heavy atom. The zero-order valence-corrected chi connectivity index (χ0v) is 16.0. The second kappa shape index (κ2) is 10.3. The molecular formula is C18H23ClN4OS. The molecule has 2 rings (SSSR count). The molecule has 25 heavy (non-hydrogen) atoms. The van der Waals surface area contributed by atoms with Crippen molar-refractivity contribution in [2.24, 2.45) is 4.99 Å². The topological polar surface area (TPSA) is 51.1 Å². The van der Waals surface area contributed by atoms with E-state index in [9.17, 15) is 4.55 Å². The second-order valence-corrected chi connectivity index (χ2v) is 6.64. The van der Waals surface area contributed by atoms with Crippen LogP contribution in [0.3, 0.4) is 0 Å². The molecule has 134 valence electrons. The Hall–Kier alpha value is -1.73. The number of guanidine groups is 1. The van der Waals surface area contributed by atoms with Crippen LogP contribution in [0.25, 0.3) is 0 Å². The maximum absolute atomic E-state index is 9.32. The number of hydrogen-bond acceptors (Lipinski definition) is 4. The Morgan fingerprint density at radius 3 is 2.52 bits per heavy atom. The predicted octanol–water partition coefficient (Wildman–Crippen LogP) is 4.10. The molecule has 0 aromatic heterocycles. The molecule has 0 atom stereocenters. The smallest absolute Gasteiger partial charge is 0.211 e. The summed E-state index contributed by atoms with van der Waals surface area (Å²) in [4.78, 5) is 8.84. The fourth-order valence-electron chi connectivity index (χ4n) is 2.25. The highest BCUT2D eigenvalue weighted by Crippen LogP contribution is 2.19. The standard InChI is InChI=1S/C18H23ClN4OS/c1-22(2)11-12-23(14-15-7-4-3-5-8-15)18(21-25-24)20-17-10-6-9-16(19)13-17/h3-10,13,24H,11-12,14H2,1-2H3,(H,20,21). The molecule has 0 heterocycles. The predicted molar refractivity (Wildman–Crippen MR) is 107 cm³/mol. The molecule has 7 heteroatoms. The van der Waals surface area contributed by atoms with E-state index >= 15 is 0 Å². The van der Waals surface area contributed by atoms with Crippen LogP contribution >= 0.6 is 23.8 Å². The third-order valence-corrected chi connectivity index (χ3v) is 4.02. The van der Waals surface area contributed by atoms with E-state index in [2.05, 4.69) is 31.6 Å². The third kappa shape index (κ3) is 6.96. The molecule has 2 aromatic carbocycles. The van der Waals surface area contributed by atoms with Crippen LogP contribution in [0, 0.1) is 0 Å². The van der Waals surface area contributed by atoms with Gasteiger partial charge in [-0.05, 0) is 37.9 Å². The van der Waals surface area contributed by atoms with Gasteiger partial charge in [0.05, 0.1) is 5.69 Å². The van der Waals surface area contributed by atoms with Gasteiger partial charge in [-0.3, -0.25) is 4.72 Å². The average Bonchev–Trinajstić information content (AvgIpc) is 2.59. The fraction of sp³-hybridized carbons (Fsp3) is 0.278. The van der Waals surface area contributed by atoms with E-state index in [-0.39, 0.29) is 0 Å². The van der Waals surface area contributed by atoms with E-state index in [1.165, 1.54) is 5.56 Å². The van der Waals surface area contributed by atoms with Crippen molar-refractivity contribution in [3.8, 4) is 0 Å². The van der Waals surface area contributed by atoms with E-state index in [0.717, 1.165) is 18.8 Å². The molecule has 0 saturated carbocycles. The Morgan fingerprint density at radius 2 is 1.88 bits per heavy atom. The van der Waals surface area contributed by atoms with Crippen molar-refractivity contribution >= 4 is 35.5 Å². The number of rotatable bonds is 7. The summed E-state index contributed by atoms with van der Waals surface area (Å²) < 4.78 is 12.2. The van der Waals surface area contributed by atoms with Gasteiger partial charge in [-0.25, -0.2) is 4.99 Å². The molecular weight excluding hydrogens is 356 g/mol. The number of nitrogens with one attached hydrogen (secondary N) is 1. The first kappa shape index (κ1) is 19.6. The molecule has 0 radical (unpaired) electrons. The second-order valence-electron chi connectivity index (χ2n) is 5.82. The number of halogens is 1. The summed E-state index contributed by atoms with van der Waals surface area (Å²) in [6.45, 7) is 2.30.